The fraction of sp³-hybridized carbons (Fsp3) is 0.429. The van der Waals surface area contributed by atoms with Crippen molar-refractivity contribution in [1.29, 1.82) is 0 Å². The summed E-state index contributed by atoms with van der Waals surface area (Å²) in [6.07, 6.45) is 1.75. The number of ether oxygens (including phenoxy) is 1. The van der Waals surface area contributed by atoms with Crippen LogP contribution in [0.4, 0.5) is 0 Å². The number of aryl methyl sites for hydroxylation is 2. The van der Waals surface area contributed by atoms with Gasteiger partial charge in [-0.15, -0.1) is 0 Å². The van der Waals surface area contributed by atoms with E-state index in [9.17, 15) is 5.11 Å². The third-order valence-corrected chi connectivity index (χ3v) is 3.15. The Kier molecular flexibility index (Phi) is 3.85. The molecule has 0 spiro atoms. The molecule has 1 N–H and O–H groups in total. The van der Waals surface area contributed by atoms with E-state index in [1.54, 1.807) is 16.9 Å². The van der Waals surface area contributed by atoms with Crippen LogP contribution in [0, 0.1) is 13.8 Å². The van der Waals surface area contributed by atoms with Crippen LogP contribution in [0.1, 0.15) is 36.5 Å². The third kappa shape index (κ3) is 2.76. The summed E-state index contributed by atoms with van der Waals surface area (Å²) in [7, 11) is 1.88. The number of hydrogen-bond acceptors (Lipinski definition) is 4. The summed E-state index contributed by atoms with van der Waals surface area (Å²) in [5.74, 6) is 1.40. The number of aliphatic hydroxyl groups excluding tert-OH is 1. The highest BCUT2D eigenvalue weighted by Gasteiger charge is 2.12. The predicted molar refractivity (Wildman–Crippen MR) is 72.2 cm³/mol. The largest absolute Gasteiger partial charge is 0.452 e. The number of pyridine rings is 1. The quantitative estimate of drug-likeness (QED) is 0.919. The van der Waals surface area contributed by atoms with E-state index in [4.69, 9.17) is 4.74 Å². The smallest absolute Gasteiger partial charge is 0.171 e. The third-order valence-electron chi connectivity index (χ3n) is 3.15. The first-order chi connectivity index (χ1) is 9.02. The van der Waals surface area contributed by atoms with Gasteiger partial charge in [0.2, 0.25) is 0 Å². The summed E-state index contributed by atoms with van der Waals surface area (Å²) in [6, 6.07) is 3.59. The minimum absolute atomic E-state index is 0.518. The van der Waals surface area contributed by atoms with Gasteiger partial charge in [0.1, 0.15) is 11.4 Å². The Morgan fingerprint density at radius 2 is 2.11 bits per heavy atom. The van der Waals surface area contributed by atoms with Crippen molar-refractivity contribution in [2.45, 2.75) is 33.3 Å². The number of hydrogen-bond donors (Lipinski definition) is 1. The lowest BCUT2D eigenvalue weighted by Gasteiger charge is -2.09. The Morgan fingerprint density at radius 1 is 1.37 bits per heavy atom. The molecule has 5 heteroatoms. The Labute approximate surface area is 112 Å². The van der Waals surface area contributed by atoms with Crippen molar-refractivity contribution in [1.82, 2.24) is 14.8 Å². The second-order valence-electron chi connectivity index (χ2n) is 4.57. The van der Waals surface area contributed by atoms with Crippen molar-refractivity contribution in [2.24, 2.45) is 7.05 Å². The average molecular weight is 261 g/mol. The topological polar surface area (TPSA) is 60.2 Å². The van der Waals surface area contributed by atoms with Crippen LogP contribution in [-0.4, -0.2) is 19.9 Å². The van der Waals surface area contributed by atoms with Crippen LogP contribution >= 0.6 is 0 Å². The van der Waals surface area contributed by atoms with Crippen LogP contribution in [0.3, 0.4) is 0 Å². The molecule has 0 aliphatic heterocycles. The van der Waals surface area contributed by atoms with Crippen molar-refractivity contribution in [2.75, 3.05) is 0 Å². The average Bonchev–Trinajstić information content (AvgIpc) is 2.65. The molecule has 19 heavy (non-hydrogen) atoms. The Bertz CT molecular complexity index is 561. The highest BCUT2D eigenvalue weighted by Crippen LogP contribution is 2.28. The van der Waals surface area contributed by atoms with Crippen molar-refractivity contribution >= 4 is 0 Å². The molecule has 0 aliphatic carbocycles. The monoisotopic (exact) mass is 261 g/mol. The van der Waals surface area contributed by atoms with Gasteiger partial charge in [0.05, 0.1) is 23.7 Å². The van der Waals surface area contributed by atoms with Gasteiger partial charge in [-0.3, -0.25) is 9.67 Å². The molecule has 0 saturated carbocycles. The predicted octanol–water partition coefficient (Wildman–Crippen LogP) is 2.67. The molecular formula is C14H19N3O2. The molecule has 0 aliphatic rings. The van der Waals surface area contributed by atoms with Gasteiger partial charge >= 0.3 is 0 Å². The molecule has 2 aromatic heterocycles. The number of aromatic nitrogens is 3. The molecule has 5 nitrogen and oxygen atoms in total. The van der Waals surface area contributed by atoms with E-state index >= 15 is 0 Å². The number of rotatable bonds is 4. The van der Waals surface area contributed by atoms with Crippen molar-refractivity contribution in [3.63, 3.8) is 0 Å². The van der Waals surface area contributed by atoms with Crippen LogP contribution < -0.4 is 4.74 Å². The van der Waals surface area contributed by atoms with E-state index < -0.39 is 6.10 Å². The summed E-state index contributed by atoms with van der Waals surface area (Å²) < 4.78 is 7.59. The minimum atomic E-state index is -0.518. The van der Waals surface area contributed by atoms with Crippen LogP contribution in [0.2, 0.25) is 0 Å². The lowest BCUT2D eigenvalue weighted by molar-refractivity contribution is 0.169. The standard InChI is InChI=1S/C14H19N3O2/c1-5-13(18)12-7-6-11(8-15-12)19-14-9(2)16-17(4)10(14)3/h6-8,13,18H,5H2,1-4H3/t13-/m0/s1. The molecular weight excluding hydrogens is 242 g/mol. The molecule has 2 aromatic rings. The van der Waals surface area contributed by atoms with Gasteiger partial charge in [0, 0.05) is 7.05 Å². The van der Waals surface area contributed by atoms with Gasteiger partial charge < -0.3 is 9.84 Å². The summed E-state index contributed by atoms with van der Waals surface area (Å²) in [5, 5.41) is 14.0. The summed E-state index contributed by atoms with van der Waals surface area (Å²) in [6.45, 7) is 5.78. The van der Waals surface area contributed by atoms with Gasteiger partial charge in [-0.05, 0) is 32.4 Å². The zero-order chi connectivity index (χ0) is 14.0. The fourth-order valence-electron chi connectivity index (χ4n) is 1.88. The maximum Gasteiger partial charge on any atom is 0.171 e. The first kappa shape index (κ1) is 13.5. The maximum atomic E-state index is 9.68. The second-order valence-corrected chi connectivity index (χ2v) is 4.57. The lowest BCUT2D eigenvalue weighted by Crippen LogP contribution is -1.98. The zero-order valence-corrected chi connectivity index (χ0v) is 11.7. The van der Waals surface area contributed by atoms with E-state index in [1.165, 1.54) is 0 Å². The molecule has 1 atom stereocenters. The molecule has 2 heterocycles. The summed E-state index contributed by atoms with van der Waals surface area (Å²) >= 11 is 0. The first-order valence-electron chi connectivity index (χ1n) is 6.35. The van der Waals surface area contributed by atoms with Crippen molar-refractivity contribution in [3.05, 3.63) is 35.4 Å². The van der Waals surface area contributed by atoms with E-state index in [0.717, 1.165) is 17.1 Å². The van der Waals surface area contributed by atoms with Crippen LogP contribution in [0.15, 0.2) is 18.3 Å². The lowest BCUT2D eigenvalue weighted by atomic mass is 10.2. The SMILES string of the molecule is CC[C@H](O)c1ccc(Oc2c(C)nn(C)c2C)cn1. The second kappa shape index (κ2) is 5.40. The molecule has 0 fully saturated rings. The number of nitrogens with zero attached hydrogens (tertiary/aromatic N) is 3. The van der Waals surface area contributed by atoms with Crippen molar-refractivity contribution < 1.29 is 9.84 Å². The normalized spacial score (nSPS) is 12.5. The van der Waals surface area contributed by atoms with Gasteiger partial charge in [0.15, 0.2) is 5.75 Å². The van der Waals surface area contributed by atoms with Gasteiger partial charge in [-0.1, -0.05) is 6.92 Å². The highest BCUT2D eigenvalue weighted by atomic mass is 16.5. The summed E-state index contributed by atoms with van der Waals surface area (Å²) in [5.41, 5.74) is 2.47. The van der Waals surface area contributed by atoms with Crippen LogP contribution in [0.5, 0.6) is 11.5 Å². The van der Waals surface area contributed by atoms with E-state index in [1.807, 2.05) is 33.9 Å². The van der Waals surface area contributed by atoms with Crippen LogP contribution in [-0.2, 0) is 7.05 Å². The first-order valence-corrected chi connectivity index (χ1v) is 6.35. The van der Waals surface area contributed by atoms with E-state index in [0.29, 0.717) is 17.9 Å². The van der Waals surface area contributed by atoms with Crippen LogP contribution in [0.25, 0.3) is 0 Å². The zero-order valence-electron chi connectivity index (χ0n) is 11.7. The minimum Gasteiger partial charge on any atom is -0.452 e. The molecule has 0 unspecified atom stereocenters. The van der Waals surface area contributed by atoms with Gasteiger partial charge in [0.25, 0.3) is 0 Å². The number of aliphatic hydroxyl groups is 1. The summed E-state index contributed by atoms with van der Waals surface area (Å²) in [4.78, 5) is 4.21. The maximum absolute atomic E-state index is 9.68. The molecule has 2 rings (SSSR count). The molecule has 0 radical (unpaired) electrons. The molecule has 0 saturated heterocycles. The van der Waals surface area contributed by atoms with Crippen molar-refractivity contribution in [3.8, 4) is 11.5 Å². The molecule has 0 bridgehead atoms. The Hall–Kier alpha value is -1.88. The fourth-order valence-corrected chi connectivity index (χ4v) is 1.88. The molecule has 0 amide bonds. The van der Waals surface area contributed by atoms with Gasteiger partial charge in [-0.25, -0.2) is 0 Å². The Morgan fingerprint density at radius 3 is 2.58 bits per heavy atom. The molecule has 102 valence electrons. The van der Waals surface area contributed by atoms with E-state index in [-0.39, 0.29) is 0 Å². The molecule has 0 aromatic carbocycles. The Balaban J connectivity index is 2.20. The van der Waals surface area contributed by atoms with E-state index in [2.05, 4.69) is 10.1 Å². The highest BCUT2D eigenvalue weighted by molar-refractivity contribution is 5.36. The van der Waals surface area contributed by atoms with Gasteiger partial charge in [-0.2, -0.15) is 5.10 Å².